The highest BCUT2D eigenvalue weighted by Gasteiger charge is 2.16. The number of nitrogens with two attached hydrogens (primary N) is 1. The third kappa shape index (κ3) is 4.89. The second kappa shape index (κ2) is 9.66. The molecule has 4 N–H and O–H groups in total. The SMILES string of the molecule is COc1ccc(/C(=C/N)N2C=CN=C(NCc3ccc(CO)cc3)C2)cc1OC. The minimum Gasteiger partial charge on any atom is -0.493 e. The van der Waals surface area contributed by atoms with E-state index in [9.17, 15) is 0 Å². The summed E-state index contributed by atoms with van der Waals surface area (Å²) < 4.78 is 10.7. The third-order valence-electron chi connectivity index (χ3n) is 4.65. The average Bonchev–Trinajstić information content (AvgIpc) is 2.78. The van der Waals surface area contributed by atoms with Gasteiger partial charge in [-0.15, -0.1) is 0 Å². The van der Waals surface area contributed by atoms with Gasteiger partial charge in [0.25, 0.3) is 0 Å². The molecule has 0 unspecified atom stereocenters. The number of hydrogen-bond donors (Lipinski definition) is 3. The van der Waals surface area contributed by atoms with Gasteiger partial charge in [-0.1, -0.05) is 24.3 Å². The number of aliphatic hydroxyl groups excluding tert-OH is 1. The fraction of sp³-hybridized carbons (Fsp3) is 0.227. The summed E-state index contributed by atoms with van der Waals surface area (Å²) in [4.78, 5) is 6.45. The highest BCUT2D eigenvalue weighted by molar-refractivity contribution is 5.87. The van der Waals surface area contributed by atoms with E-state index in [1.54, 1.807) is 26.6 Å². The first-order valence-electron chi connectivity index (χ1n) is 9.25. The number of aliphatic imine (C=N–C) groups is 1. The molecule has 2 aromatic carbocycles. The van der Waals surface area contributed by atoms with Crippen molar-refractivity contribution in [2.24, 2.45) is 10.7 Å². The minimum absolute atomic E-state index is 0.0461. The van der Waals surface area contributed by atoms with Crippen molar-refractivity contribution in [2.45, 2.75) is 13.2 Å². The Labute approximate surface area is 170 Å². The largest absolute Gasteiger partial charge is 0.493 e. The van der Waals surface area contributed by atoms with Gasteiger partial charge in [0.15, 0.2) is 11.5 Å². The van der Waals surface area contributed by atoms with Crippen molar-refractivity contribution in [3.8, 4) is 11.5 Å². The lowest BCUT2D eigenvalue weighted by molar-refractivity contribution is 0.282. The molecular weight excluding hydrogens is 368 g/mol. The first-order chi connectivity index (χ1) is 14.2. The number of rotatable bonds is 7. The van der Waals surface area contributed by atoms with Gasteiger partial charge < -0.3 is 30.5 Å². The molecule has 0 bridgehead atoms. The molecule has 0 radical (unpaired) electrons. The molecule has 1 aliphatic rings. The predicted molar refractivity (Wildman–Crippen MR) is 114 cm³/mol. The van der Waals surface area contributed by atoms with Crippen LogP contribution in [-0.4, -0.2) is 36.6 Å². The van der Waals surface area contributed by atoms with Crippen molar-refractivity contribution in [1.29, 1.82) is 0 Å². The summed E-state index contributed by atoms with van der Waals surface area (Å²) in [5.74, 6) is 2.14. The van der Waals surface area contributed by atoms with Crippen LogP contribution in [0.2, 0.25) is 0 Å². The third-order valence-corrected chi connectivity index (χ3v) is 4.65. The maximum atomic E-state index is 9.14. The maximum Gasteiger partial charge on any atom is 0.161 e. The molecule has 1 aliphatic heterocycles. The second-order valence-electron chi connectivity index (χ2n) is 6.45. The van der Waals surface area contributed by atoms with E-state index in [0.29, 0.717) is 24.6 Å². The Hall–Kier alpha value is -3.45. The Bertz CT molecular complexity index is 920. The number of methoxy groups -OCH3 is 2. The number of nitrogens with one attached hydrogen (secondary N) is 1. The summed E-state index contributed by atoms with van der Waals surface area (Å²) in [7, 11) is 3.21. The number of aliphatic hydroxyl groups is 1. The van der Waals surface area contributed by atoms with E-state index in [2.05, 4.69) is 10.3 Å². The summed E-state index contributed by atoms with van der Waals surface area (Å²) in [6.07, 6.45) is 5.20. The van der Waals surface area contributed by atoms with Crippen molar-refractivity contribution in [2.75, 3.05) is 20.8 Å². The maximum absolute atomic E-state index is 9.14. The molecule has 0 atom stereocenters. The summed E-state index contributed by atoms with van der Waals surface area (Å²) >= 11 is 0. The van der Waals surface area contributed by atoms with Crippen LogP contribution in [0.3, 0.4) is 0 Å². The zero-order valence-electron chi connectivity index (χ0n) is 16.6. The van der Waals surface area contributed by atoms with Gasteiger partial charge >= 0.3 is 0 Å². The van der Waals surface area contributed by atoms with Crippen LogP contribution in [0, 0.1) is 0 Å². The summed E-state index contributed by atoms with van der Waals surface area (Å²) in [6, 6.07) is 13.5. The zero-order chi connectivity index (χ0) is 20.6. The molecule has 0 amide bonds. The van der Waals surface area contributed by atoms with E-state index in [4.69, 9.17) is 20.3 Å². The Kier molecular flexibility index (Phi) is 6.76. The van der Waals surface area contributed by atoms with Crippen LogP contribution in [0.4, 0.5) is 0 Å². The van der Waals surface area contributed by atoms with Crippen molar-refractivity contribution >= 4 is 11.5 Å². The molecule has 2 aromatic rings. The Morgan fingerprint density at radius 3 is 2.52 bits per heavy atom. The Morgan fingerprint density at radius 2 is 1.86 bits per heavy atom. The minimum atomic E-state index is 0.0461. The number of nitrogens with zero attached hydrogens (tertiary/aromatic N) is 2. The first kappa shape index (κ1) is 20.3. The van der Waals surface area contributed by atoms with E-state index in [1.807, 2.05) is 53.6 Å². The molecule has 7 heteroatoms. The molecule has 29 heavy (non-hydrogen) atoms. The van der Waals surface area contributed by atoms with Gasteiger partial charge in [-0.25, -0.2) is 4.99 Å². The fourth-order valence-electron chi connectivity index (χ4n) is 3.05. The number of hydrogen-bond acceptors (Lipinski definition) is 7. The van der Waals surface area contributed by atoms with Crippen molar-refractivity contribution < 1.29 is 14.6 Å². The molecular formula is C22H26N4O3. The van der Waals surface area contributed by atoms with Crippen molar-refractivity contribution in [1.82, 2.24) is 10.2 Å². The first-order valence-corrected chi connectivity index (χ1v) is 9.25. The van der Waals surface area contributed by atoms with Crippen molar-refractivity contribution in [3.05, 3.63) is 77.8 Å². The highest BCUT2D eigenvalue weighted by atomic mass is 16.5. The molecule has 0 saturated carbocycles. The zero-order valence-corrected chi connectivity index (χ0v) is 16.6. The molecule has 152 valence electrons. The van der Waals surface area contributed by atoms with Gasteiger partial charge in [0.1, 0.15) is 5.84 Å². The smallest absolute Gasteiger partial charge is 0.161 e. The molecule has 7 nitrogen and oxygen atoms in total. The van der Waals surface area contributed by atoms with Gasteiger partial charge in [0.05, 0.1) is 33.1 Å². The van der Waals surface area contributed by atoms with Crippen LogP contribution in [-0.2, 0) is 13.2 Å². The van der Waals surface area contributed by atoms with E-state index >= 15 is 0 Å². The van der Waals surface area contributed by atoms with Gasteiger partial charge in [0, 0.05) is 30.7 Å². The average molecular weight is 394 g/mol. The lowest BCUT2D eigenvalue weighted by Gasteiger charge is -2.27. The normalized spacial score (nSPS) is 13.8. The van der Waals surface area contributed by atoms with Gasteiger partial charge in [-0.3, -0.25) is 0 Å². The molecule has 3 rings (SSSR count). The number of benzene rings is 2. The van der Waals surface area contributed by atoms with Crippen LogP contribution in [0.5, 0.6) is 11.5 Å². The summed E-state index contributed by atoms with van der Waals surface area (Å²) in [5, 5.41) is 12.5. The van der Waals surface area contributed by atoms with Gasteiger partial charge in [-0.05, 0) is 29.3 Å². The summed E-state index contributed by atoms with van der Waals surface area (Å²) in [6.45, 7) is 1.25. The van der Waals surface area contributed by atoms with E-state index in [1.165, 1.54) is 0 Å². The molecule has 0 aromatic heterocycles. The van der Waals surface area contributed by atoms with Crippen LogP contribution in [0.1, 0.15) is 16.7 Å². The van der Waals surface area contributed by atoms with Crippen LogP contribution in [0.25, 0.3) is 5.70 Å². The van der Waals surface area contributed by atoms with Crippen LogP contribution < -0.4 is 20.5 Å². The van der Waals surface area contributed by atoms with Crippen LogP contribution in [0.15, 0.2) is 66.1 Å². The second-order valence-corrected chi connectivity index (χ2v) is 6.45. The fourth-order valence-corrected chi connectivity index (χ4v) is 3.05. The van der Waals surface area contributed by atoms with E-state index in [-0.39, 0.29) is 6.61 Å². The highest BCUT2D eigenvalue weighted by Crippen LogP contribution is 2.31. The Balaban J connectivity index is 1.68. The molecule has 0 aliphatic carbocycles. The van der Waals surface area contributed by atoms with E-state index < -0.39 is 0 Å². The predicted octanol–water partition coefficient (Wildman–Crippen LogP) is 2.43. The lowest BCUT2D eigenvalue weighted by atomic mass is 10.1. The standard InChI is InChI=1S/C22H26N4O3/c1-28-20-8-7-18(11-21(20)29-2)19(12-23)26-10-9-24-22(14-26)25-13-16-3-5-17(15-27)6-4-16/h3-12,27H,13-15,23H2,1-2H3,(H,24,25)/b19-12-. The summed E-state index contributed by atoms with van der Waals surface area (Å²) in [5.41, 5.74) is 9.70. The van der Waals surface area contributed by atoms with Gasteiger partial charge in [0.2, 0.25) is 0 Å². The molecule has 0 saturated heterocycles. The van der Waals surface area contributed by atoms with Gasteiger partial charge in [-0.2, -0.15) is 0 Å². The Morgan fingerprint density at radius 1 is 1.14 bits per heavy atom. The lowest BCUT2D eigenvalue weighted by Crippen LogP contribution is -2.35. The molecule has 1 heterocycles. The monoisotopic (exact) mass is 394 g/mol. The molecule has 0 fully saturated rings. The number of amidine groups is 1. The quantitative estimate of drug-likeness (QED) is 0.668. The molecule has 0 spiro atoms. The van der Waals surface area contributed by atoms with Crippen molar-refractivity contribution in [3.63, 3.8) is 0 Å². The van der Waals surface area contributed by atoms with E-state index in [0.717, 1.165) is 28.2 Å². The van der Waals surface area contributed by atoms with Crippen LogP contribution >= 0.6 is 0 Å². The topological polar surface area (TPSA) is 92.3 Å². The number of ether oxygens (including phenoxy) is 2.